The highest BCUT2D eigenvalue weighted by Gasteiger charge is 2.16. The summed E-state index contributed by atoms with van der Waals surface area (Å²) in [7, 11) is 0. The molecule has 4 heteroatoms. The maximum Gasteiger partial charge on any atom is 0.123 e. The van der Waals surface area contributed by atoms with Gasteiger partial charge in [0.15, 0.2) is 0 Å². The van der Waals surface area contributed by atoms with Crippen molar-refractivity contribution in [3.05, 3.63) is 29.6 Å². The van der Waals surface area contributed by atoms with Crippen LogP contribution < -0.4 is 4.90 Å². The Morgan fingerprint density at radius 3 is 2.58 bits per heavy atom. The Bertz CT molecular complexity index is 452. The van der Waals surface area contributed by atoms with Crippen LogP contribution in [0.5, 0.6) is 0 Å². The molecule has 1 aromatic rings. The number of hydrogen-bond donors (Lipinski definition) is 1. The lowest BCUT2D eigenvalue weighted by atomic mass is 10.1. The van der Waals surface area contributed by atoms with E-state index in [-0.39, 0.29) is 5.82 Å². The molecule has 0 heterocycles. The number of hydrogen-bond acceptors (Lipinski definition) is 3. The van der Waals surface area contributed by atoms with Gasteiger partial charge in [-0.3, -0.25) is 0 Å². The molecule has 0 amide bonds. The molecule has 0 aliphatic carbocycles. The van der Waals surface area contributed by atoms with Gasteiger partial charge in [-0.15, -0.1) is 0 Å². The minimum Gasteiger partial charge on any atom is -0.389 e. The quantitative estimate of drug-likeness (QED) is 0.858. The van der Waals surface area contributed by atoms with E-state index in [0.717, 1.165) is 12.2 Å². The van der Waals surface area contributed by atoms with Gasteiger partial charge in [-0.25, -0.2) is 4.39 Å². The number of benzene rings is 1. The van der Waals surface area contributed by atoms with Gasteiger partial charge in [0.25, 0.3) is 0 Å². The predicted molar refractivity (Wildman–Crippen MR) is 74.3 cm³/mol. The van der Waals surface area contributed by atoms with Gasteiger partial charge < -0.3 is 10.0 Å². The van der Waals surface area contributed by atoms with E-state index in [2.05, 4.69) is 19.9 Å². The minimum atomic E-state index is -0.734. The maximum absolute atomic E-state index is 13.3. The van der Waals surface area contributed by atoms with E-state index in [4.69, 9.17) is 5.26 Å². The predicted octanol–water partition coefficient (Wildman–Crippen LogP) is 3.26. The van der Waals surface area contributed by atoms with Gasteiger partial charge in [-0.2, -0.15) is 5.26 Å². The van der Waals surface area contributed by atoms with Crippen LogP contribution in [0.2, 0.25) is 0 Å². The molecule has 104 valence electrons. The molecule has 0 saturated heterocycles. The Balaban J connectivity index is 3.10. The second-order valence-electron chi connectivity index (χ2n) is 5.13. The number of nitriles is 1. The van der Waals surface area contributed by atoms with Crippen LogP contribution in [-0.2, 0) is 0 Å². The van der Waals surface area contributed by atoms with Gasteiger partial charge in [0.05, 0.1) is 18.6 Å². The van der Waals surface area contributed by atoms with E-state index >= 15 is 0 Å². The zero-order chi connectivity index (χ0) is 14.4. The van der Waals surface area contributed by atoms with E-state index in [1.807, 2.05) is 4.90 Å². The van der Waals surface area contributed by atoms with Crippen molar-refractivity contribution >= 4 is 5.69 Å². The highest BCUT2D eigenvalue weighted by atomic mass is 19.1. The highest BCUT2D eigenvalue weighted by molar-refractivity contribution is 5.55. The topological polar surface area (TPSA) is 47.3 Å². The monoisotopic (exact) mass is 264 g/mol. The molecule has 0 saturated carbocycles. The van der Waals surface area contributed by atoms with Crippen LogP contribution in [-0.4, -0.2) is 18.2 Å². The third kappa shape index (κ3) is 4.53. The second-order valence-corrected chi connectivity index (χ2v) is 5.13. The molecule has 0 aliphatic heterocycles. The molecule has 1 rings (SSSR count). The number of rotatable bonds is 6. The number of nitrogens with zero attached hydrogens (tertiary/aromatic N) is 2. The lowest BCUT2D eigenvalue weighted by Crippen LogP contribution is -2.29. The first kappa shape index (κ1) is 15.5. The van der Waals surface area contributed by atoms with Crippen LogP contribution in [0.1, 0.15) is 38.9 Å². The highest BCUT2D eigenvalue weighted by Crippen LogP contribution is 2.28. The van der Waals surface area contributed by atoms with Crippen molar-refractivity contribution in [2.45, 2.75) is 33.3 Å². The van der Waals surface area contributed by atoms with E-state index in [1.165, 1.54) is 12.1 Å². The Morgan fingerprint density at radius 1 is 1.37 bits per heavy atom. The average molecular weight is 264 g/mol. The molecule has 0 aromatic heterocycles. The summed E-state index contributed by atoms with van der Waals surface area (Å²) in [5.41, 5.74) is 1.37. The number of anilines is 1. The standard InChI is InChI=1S/C15H21FN2O/c1-11(2)10-18(8-4-7-17)15-6-5-13(16)9-14(15)12(3)19/h5-6,9,11-12,19H,4,8,10H2,1-3H3. The van der Waals surface area contributed by atoms with Gasteiger partial charge in [0.2, 0.25) is 0 Å². The van der Waals surface area contributed by atoms with Crippen molar-refractivity contribution in [2.24, 2.45) is 5.92 Å². The van der Waals surface area contributed by atoms with E-state index < -0.39 is 6.10 Å². The minimum absolute atomic E-state index is 0.357. The third-order valence-corrected chi connectivity index (χ3v) is 2.86. The number of aliphatic hydroxyl groups is 1. The first-order valence-corrected chi connectivity index (χ1v) is 6.55. The van der Waals surface area contributed by atoms with Crippen molar-refractivity contribution in [2.75, 3.05) is 18.0 Å². The summed E-state index contributed by atoms with van der Waals surface area (Å²) in [5, 5.41) is 18.5. The Morgan fingerprint density at radius 2 is 2.05 bits per heavy atom. The summed E-state index contributed by atoms with van der Waals surface area (Å²) in [4.78, 5) is 2.04. The van der Waals surface area contributed by atoms with Crippen molar-refractivity contribution in [1.82, 2.24) is 0 Å². The molecule has 0 fully saturated rings. The summed E-state index contributed by atoms with van der Waals surface area (Å²) < 4.78 is 13.3. The molecule has 3 nitrogen and oxygen atoms in total. The van der Waals surface area contributed by atoms with Gasteiger partial charge in [0.1, 0.15) is 5.82 Å². The first-order valence-electron chi connectivity index (χ1n) is 6.55. The van der Waals surface area contributed by atoms with Crippen LogP contribution >= 0.6 is 0 Å². The van der Waals surface area contributed by atoms with Crippen LogP contribution in [0.3, 0.4) is 0 Å². The fourth-order valence-electron chi connectivity index (χ4n) is 2.08. The third-order valence-electron chi connectivity index (χ3n) is 2.86. The Hall–Kier alpha value is -1.60. The molecule has 1 N–H and O–H groups in total. The zero-order valence-electron chi connectivity index (χ0n) is 11.7. The average Bonchev–Trinajstić information content (AvgIpc) is 2.34. The van der Waals surface area contributed by atoms with E-state index in [9.17, 15) is 9.50 Å². The Kier molecular flexibility index (Phi) is 5.78. The summed E-state index contributed by atoms with van der Waals surface area (Å²) in [6.45, 7) is 7.15. The number of halogens is 1. The zero-order valence-corrected chi connectivity index (χ0v) is 11.7. The summed E-state index contributed by atoms with van der Waals surface area (Å²) in [6, 6.07) is 6.55. The van der Waals surface area contributed by atoms with Gasteiger partial charge in [-0.05, 0) is 31.0 Å². The molecule has 1 unspecified atom stereocenters. The van der Waals surface area contributed by atoms with Gasteiger partial charge >= 0.3 is 0 Å². The smallest absolute Gasteiger partial charge is 0.123 e. The largest absolute Gasteiger partial charge is 0.389 e. The second kappa shape index (κ2) is 7.10. The van der Waals surface area contributed by atoms with Crippen molar-refractivity contribution < 1.29 is 9.50 Å². The van der Waals surface area contributed by atoms with Crippen LogP contribution in [0.25, 0.3) is 0 Å². The maximum atomic E-state index is 13.3. The lowest BCUT2D eigenvalue weighted by Gasteiger charge is -2.29. The normalized spacial score (nSPS) is 12.3. The molecule has 19 heavy (non-hydrogen) atoms. The molecule has 1 aromatic carbocycles. The van der Waals surface area contributed by atoms with Crippen molar-refractivity contribution in [1.29, 1.82) is 5.26 Å². The first-order chi connectivity index (χ1) is 8.95. The molecular formula is C15H21FN2O. The summed E-state index contributed by atoms with van der Waals surface area (Å²) in [6.07, 6.45) is -0.328. The van der Waals surface area contributed by atoms with Crippen molar-refractivity contribution in [3.63, 3.8) is 0 Å². The molecular weight excluding hydrogens is 243 g/mol. The summed E-state index contributed by atoms with van der Waals surface area (Å²) in [5.74, 6) is 0.0648. The Labute approximate surface area is 114 Å². The summed E-state index contributed by atoms with van der Waals surface area (Å²) >= 11 is 0. The van der Waals surface area contributed by atoms with E-state index in [0.29, 0.717) is 24.4 Å². The van der Waals surface area contributed by atoms with E-state index in [1.54, 1.807) is 13.0 Å². The fourth-order valence-corrected chi connectivity index (χ4v) is 2.08. The number of aliphatic hydroxyl groups excluding tert-OH is 1. The molecule has 0 radical (unpaired) electrons. The fraction of sp³-hybridized carbons (Fsp3) is 0.533. The molecule has 0 spiro atoms. The van der Waals surface area contributed by atoms with Gasteiger partial charge in [-0.1, -0.05) is 13.8 Å². The molecule has 0 bridgehead atoms. The molecule has 1 atom stereocenters. The van der Waals surface area contributed by atoms with Crippen LogP contribution in [0.4, 0.5) is 10.1 Å². The van der Waals surface area contributed by atoms with Crippen LogP contribution in [0.15, 0.2) is 18.2 Å². The molecule has 0 aliphatic rings. The lowest BCUT2D eigenvalue weighted by molar-refractivity contribution is 0.199. The SMILES string of the molecule is CC(C)CN(CCC#N)c1ccc(F)cc1C(C)O. The van der Waals surface area contributed by atoms with Gasteiger partial charge in [0, 0.05) is 24.3 Å². The van der Waals surface area contributed by atoms with Crippen LogP contribution in [0, 0.1) is 23.1 Å². The van der Waals surface area contributed by atoms with Crippen molar-refractivity contribution in [3.8, 4) is 6.07 Å².